The fraction of sp³-hybridized carbons (Fsp3) is 0.833. The number of fused-ring (bicyclic) bond motifs is 1. The molecule has 2 aliphatic heterocycles. The molecule has 5 nitrogen and oxygen atoms in total. The lowest BCUT2D eigenvalue weighted by atomic mass is 10.2. The number of H-pyrrole nitrogens is 1. The minimum atomic E-state index is 0.604. The maximum atomic E-state index is 5.36. The molecule has 2 saturated heterocycles. The molecule has 0 amide bonds. The van der Waals surface area contributed by atoms with Gasteiger partial charge in [-0.25, -0.2) is 5.10 Å². The van der Waals surface area contributed by atoms with Crippen LogP contribution < -0.4 is 4.90 Å². The number of hydrogen-bond donors (Lipinski definition) is 1. The summed E-state index contributed by atoms with van der Waals surface area (Å²) in [5, 5.41) is 7.44. The predicted molar refractivity (Wildman–Crippen MR) is 72.5 cm³/mol. The van der Waals surface area contributed by atoms with Crippen molar-refractivity contribution in [3.8, 4) is 0 Å². The first-order chi connectivity index (χ1) is 8.83. The Balaban J connectivity index is 1.61. The molecule has 3 aliphatic rings. The van der Waals surface area contributed by atoms with E-state index in [2.05, 4.69) is 24.6 Å². The van der Waals surface area contributed by atoms with E-state index in [1.54, 1.807) is 0 Å². The molecule has 98 valence electrons. The van der Waals surface area contributed by atoms with Crippen molar-refractivity contribution in [1.29, 1.82) is 0 Å². The summed E-state index contributed by atoms with van der Waals surface area (Å²) in [4.78, 5) is 5.05. The standard InChI is InChI=1S/C12H19N5S/c18-12-14-13-11(17(12)9-3-4-9)16-7-6-15-5-1-2-10(15)8-16/h9-10H,1-8H2,(H,14,18). The summed E-state index contributed by atoms with van der Waals surface area (Å²) >= 11 is 5.36. The number of anilines is 1. The summed E-state index contributed by atoms with van der Waals surface area (Å²) in [5.74, 6) is 1.08. The van der Waals surface area contributed by atoms with Crippen molar-refractivity contribution < 1.29 is 0 Å². The summed E-state index contributed by atoms with van der Waals surface area (Å²) < 4.78 is 3.03. The Hall–Kier alpha value is -0.880. The van der Waals surface area contributed by atoms with E-state index in [1.165, 1.54) is 38.8 Å². The fourth-order valence-corrected chi connectivity index (χ4v) is 3.63. The zero-order chi connectivity index (χ0) is 12.1. The lowest BCUT2D eigenvalue weighted by molar-refractivity contribution is 0.229. The second kappa shape index (κ2) is 4.06. The average molecular weight is 265 g/mol. The number of rotatable bonds is 2. The molecule has 0 bridgehead atoms. The van der Waals surface area contributed by atoms with Gasteiger partial charge >= 0.3 is 0 Å². The molecular formula is C12H19N5S. The molecule has 6 heteroatoms. The van der Waals surface area contributed by atoms with Crippen molar-refractivity contribution in [2.75, 3.05) is 31.1 Å². The van der Waals surface area contributed by atoms with Crippen LogP contribution in [-0.4, -0.2) is 51.9 Å². The topological polar surface area (TPSA) is 40.1 Å². The van der Waals surface area contributed by atoms with Gasteiger partial charge in [-0.05, 0) is 44.4 Å². The molecule has 3 heterocycles. The average Bonchev–Trinajstić information content (AvgIpc) is 2.98. The van der Waals surface area contributed by atoms with Gasteiger partial charge in [-0.2, -0.15) is 0 Å². The van der Waals surface area contributed by atoms with E-state index < -0.39 is 0 Å². The van der Waals surface area contributed by atoms with Crippen LogP contribution in [0.2, 0.25) is 0 Å². The molecule has 4 rings (SSSR count). The molecule has 18 heavy (non-hydrogen) atoms. The van der Waals surface area contributed by atoms with Crippen LogP contribution in [0.25, 0.3) is 0 Å². The number of aromatic amines is 1. The van der Waals surface area contributed by atoms with Crippen molar-refractivity contribution >= 4 is 18.2 Å². The summed E-state index contributed by atoms with van der Waals surface area (Å²) in [6.07, 6.45) is 5.20. The van der Waals surface area contributed by atoms with Crippen LogP contribution in [0.4, 0.5) is 5.95 Å². The van der Waals surface area contributed by atoms with Crippen LogP contribution in [0.5, 0.6) is 0 Å². The van der Waals surface area contributed by atoms with Crippen LogP contribution in [0, 0.1) is 4.77 Å². The van der Waals surface area contributed by atoms with Gasteiger partial charge < -0.3 is 4.90 Å². The summed E-state index contributed by atoms with van der Waals surface area (Å²) in [7, 11) is 0. The summed E-state index contributed by atoms with van der Waals surface area (Å²) in [6.45, 7) is 4.66. The second-order valence-electron chi connectivity index (χ2n) is 5.71. The Kier molecular flexibility index (Phi) is 2.48. The SMILES string of the molecule is S=c1[nH]nc(N2CCN3CCCC3C2)n1C1CC1. The smallest absolute Gasteiger partial charge is 0.226 e. The normalized spacial score (nSPS) is 28.7. The molecule has 1 N–H and O–H groups in total. The lowest BCUT2D eigenvalue weighted by Crippen LogP contribution is -2.50. The third kappa shape index (κ3) is 1.70. The van der Waals surface area contributed by atoms with Crippen molar-refractivity contribution in [2.24, 2.45) is 0 Å². The number of piperazine rings is 1. The molecule has 1 saturated carbocycles. The van der Waals surface area contributed by atoms with E-state index >= 15 is 0 Å². The predicted octanol–water partition coefficient (Wildman–Crippen LogP) is 1.56. The van der Waals surface area contributed by atoms with Crippen LogP contribution in [0.1, 0.15) is 31.7 Å². The molecule has 1 aromatic heterocycles. The van der Waals surface area contributed by atoms with Gasteiger partial charge in [0.25, 0.3) is 0 Å². The maximum absolute atomic E-state index is 5.36. The first-order valence-corrected chi connectivity index (χ1v) is 7.39. The van der Waals surface area contributed by atoms with E-state index in [-0.39, 0.29) is 0 Å². The van der Waals surface area contributed by atoms with Gasteiger partial charge in [-0.3, -0.25) is 9.47 Å². The highest BCUT2D eigenvalue weighted by Crippen LogP contribution is 2.38. The Bertz CT molecular complexity index is 503. The number of nitrogens with one attached hydrogen (secondary N) is 1. The van der Waals surface area contributed by atoms with Crippen molar-refractivity contribution in [3.05, 3.63) is 4.77 Å². The zero-order valence-corrected chi connectivity index (χ0v) is 11.3. The summed E-state index contributed by atoms with van der Waals surface area (Å²) in [5.41, 5.74) is 0. The second-order valence-corrected chi connectivity index (χ2v) is 6.09. The number of nitrogens with zero attached hydrogens (tertiary/aromatic N) is 4. The van der Waals surface area contributed by atoms with Gasteiger partial charge in [-0.15, -0.1) is 5.10 Å². The molecule has 0 radical (unpaired) electrons. The third-order valence-corrected chi connectivity index (χ3v) is 4.76. The first-order valence-electron chi connectivity index (χ1n) is 6.99. The maximum Gasteiger partial charge on any atom is 0.226 e. The highest BCUT2D eigenvalue weighted by atomic mass is 32.1. The van der Waals surface area contributed by atoms with E-state index in [1.807, 2.05) is 0 Å². The molecule has 1 aromatic rings. The van der Waals surface area contributed by atoms with Crippen LogP contribution in [0.15, 0.2) is 0 Å². The Morgan fingerprint density at radius 3 is 2.83 bits per heavy atom. The quantitative estimate of drug-likeness (QED) is 0.824. The van der Waals surface area contributed by atoms with Gasteiger partial charge in [-0.1, -0.05) is 0 Å². The Morgan fingerprint density at radius 1 is 1.11 bits per heavy atom. The van der Waals surface area contributed by atoms with Gasteiger partial charge in [0.2, 0.25) is 5.95 Å². The van der Waals surface area contributed by atoms with Crippen LogP contribution >= 0.6 is 12.2 Å². The fourth-order valence-electron chi connectivity index (χ4n) is 3.35. The van der Waals surface area contributed by atoms with Gasteiger partial charge in [0.15, 0.2) is 4.77 Å². The molecule has 0 spiro atoms. The van der Waals surface area contributed by atoms with E-state index in [0.717, 1.165) is 29.9 Å². The molecule has 3 fully saturated rings. The Labute approximate surface area is 112 Å². The van der Waals surface area contributed by atoms with Crippen LogP contribution in [0.3, 0.4) is 0 Å². The first kappa shape index (κ1) is 11.0. The monoisotopic (exact) mass is 265 g/mol. The molecular weight excluding hydrogens is 246 g/mol. The molecule has 1 aliphatic carbocycles. The van der Waals surface area contributed by atoms with Gasteiger partial charge in [0.05, 0.1) is 0 Å². The third-order valence-electron chi connectivity index (χ3n) is 4.47. The van der Waals surface area contributed by atoms with Gasteiger partial charge in [0, 0.05) is 31.7 Å². The lowest BCUT2D eigenvalue weighted by Gasteiger charge is -2.37. The van der Waals surface area contributed by atoms with Crippen molar-refractivity contribution in [1.82, 2.24) is 19.7 Å². The largest absolute Gasteiger partial charge is 0.338 e. The highest BCUT2D eigenvalue weighted by Gasteiger charge is 2.34. The Morgan fingerprint density at radius 2 is 2.00 bits per heavy atom. The van der Waals surface area contributed by atoms with Crippen molar-refractivity contribution in [3.63, 3.8) is 0 Å². The minimum Gasteiger partial charge on any atom is -0.338 e. The summed E-state index contributed by atoms with van der Waals surface area (Å²) in [6, 6.07) is 1.34. The zero-order valence-electron chi connectivity index (χ0n) is 10.5. The number of aromatic nitrogens is 3. The van der Waals surface area contributed by atoms with E-state index in [9.17, 15) is 0 Å². The van der Waals surface area contributed by atoms with E-state index in [4.69, 9.17) is 12.2 Å². The van der Waals surface area contributed by atoms with Crippen molar-refractivity contribution in [2.45, 2.75) is 37.8 Å². The van der Waals surface area contributed by atoms with E-state index in [0.29, 0.717) is 6.04 Å². The number of hydrogen-bond acceptors (Lipinski definition) is 4. The minimum absolute atomic E-state index is 0.604. The van der Waals surface area contributed by atoms with Crippen LogP contribution in [-0.2, 0) is 0 Å². The molecule has 1 unspecified atom stereocenters. The molecule has 0 aromatic carbocycles. The highest BCUT2D eigenvalue weighted by molar-refractivity contribution is 7.71. The molecule has 1 atom stereocenters. The van der Waals surface area contributed by atoms with Gasteiger partial charge in [0.1, 0.15) is 0 Å².